The van der Waals surface area contributed by atoms with Gasteiger partial charge in [0.05, 0.1) is 4.90 Å². The lowest BCUT2D eigenvalue weighted by atomic mass is 10.3. The third-order valence-electron chi connectivity index (χ3n) is 3.25. The first-order valence-corrected chi connectivity index (χ1v) is 7.87. The first-order valence-electron chi connectivity index (χ1n) is 6.39. The lowest BCUT2D eigenvalue weighted by Crippen LogP contribution is -2.27. The normalized spacial score (nSPS) is 21.4. The molecule has 6 nitrogen and oxygen atoms in total. The zero-order valence-corrected chi connectivity index (χ0v) is 11.9. The SMILES string of the molecule is CCC1CC1NS(=O)(=O)c1ccc(OCC(=O)O)cc1. The molecular formula is C13H17NO5S. The Morgan fingerprint density at radius 1 is 1.40 bits per heavy atom. The van der Waals surface area contributed by atoms with Crippen LogP contribution >= 0.6 is 0 Å². The molecule has 0 heterocycles. The Balaban J connectivity index is 1.99. The Hall–Kier alpha value is -1.60. The van der Waals surface area contributed by atoms with Crippen molar-refractivity contribution >= 4 is 16.0 Å². The van der Waals surface area contributed by atoms with Crippen molar-refractivity contribution in [2.24, 2.45) is 5.92 Å². The summed E-state index contributed by atoms with van der Waals surface area (Å²) in [4.78, 5) is 10.5. The number of carboxylic acids is 1. The Bertz CT molecular complexity index is 581. The fourth-order valence-electron chi connectivity index (χ4n) is 1.97. The first-order chi connectivity index (χ1) is 9.42. The van der Waals surface area contributed by atoms with Crippen molar-refractivity contribution in [3.8, 4) is 5.75 Å². The van der Waals surface area contributed by atoms with Gasteiger partial charge in [0.2, 0.25) is 10.0 Å². The number of aliphatic carboxylic acids is 1. The molecule has 1 aliphatic carbocycles. The van der Waals surface area contributed by atoms with Crippen LogP contribution in [0.15, 0.2) is 29.2 Å². The van der Waals surface area contributed by atoms with E-state index in [-0.39, 0.29) is 10.9 Å². The molecule has 20 heavy (non-hydrogen) atoms. The Labute approximate surface area is 117 Å². The molecule has 0 bridgehead atoms. The van der Waals surface area contributed by atoms with Gasteiger partial charge in [-0.15, -0.1) is 0 Å². The molecule has 2 unspecified atom stereocenters. The smallest absolute Gasteiger partial charge is 0.341 e. The van der Waals surface area contributed by atoms with E-state index in [9.17, 15) is 13.2 Å². The van der Waals surface area contributed by atoms with Gasteiger partial charge in [-0.3, -0.25) is 0 Å². The summed E-state index contributed by atoms with van der Waals surface area (Å²) in [5, 5.41) is 8.48. The average Bonchev–Trinajstić information content (AvgIpc) is 3.14. The molecule has 1 fully saturated rings. The van der Waals surface area contributed by atoms with E-state index in [2.05, 4.69) is 4.72 Å². The van der Waals surface area contributed by atoms with Crippen LogP contribution in [0.25, 0.3) is 0 Å². The maximum atomic E-state index is 12.1. The summed E-state index contributed by atoms with van der Waals surface area (Å²) >= 11 is 0. The number of hydrogen-bond acceptors (Lipinski definition) is 4. The second-order valence-electron chi connectivity index (χ2n) is 4.79. The molecule has 2 N–H and O–H groups in total. The van der Waals surface area contributed by atoms with Crippen LogP contribution in [0.5, 0.6) is 5.75 Å². The largest absolute Gasteiger partial charge is 0.482 e. The summed E-state index contributed by atoms with van der Waals surface area (Å²) in [7, 11) is -3.51. The van der Waals surface area contributed by atoms with E-state index in [1.807, 2.05) is 6.92 Å². The number of sulfonamides is 1. The molecule has 1 aliphatic rings. The van der Waals surface area contributed by atoms with E-state index < -0.39 is 22.6 Å². The minimum atomic E-state index is -3.51. The van der Waals surface area contributed by atoms with Gasteiger partial charge in [0.25, 0.3) is 0 Å². The maximum Gasteiger partial charge on any atom is 0.341 e. The summed E-state index contributed by atoms with van der Waals surface area (Å²) in [6.07, 6.45) is 1.85. The highest BCUT2D eigenvalue weighted by Gasteiger charge is 2.38. The van der Waals surface area contributed by atoms with Crippen molar-refractivity contribution in [3.63, 3.8) is 0 Å². The number of benzene rings is 1. The van der Waals surface area contributed by atoms with Gasteiger partial charge in [0.1, 0.15) is 5.75 Å². The molecule has 0 radical (unpaired) electrons. The third-order valence-corrected chi connectivity index (χ3v) is 4.76. The van der Waals surface area contributed by atoms with Gasteiger partial charge in [-0.25, -0.2) is 17.9 Å². The standard InChI is InChI=1S/C13H17NO5S/c1-2-9-7-12(9)14-20(17,18)11-5-3-10(4-6-11)19-8-13(15)16/h3-6,9,12,14H,2,7-8H2,1H3,(H,15,16). The highest BCUT2D eigenvalue weighted by Crippen LogP contribution is 2.34. The van der Waals surface area contributed by atoms with Gasteiger partial charge in [0, 0.05) is 6.04 Å². The van der Waals surface area contributed by atoms with Crippen molar-refractivity contribution in [1.82, 2.24) is 4.72 Å². The van der Waals surface area contributed by atoms with Crippen molar-refractivity contribution in [2.75, 3.05) is 6.61 Å². The minimum absolute atomic E-state index is 0.0351. The van der Waals surface area contributed by atoms with Gasteiger partial charge in [-0.1, -0.05) is 13.3 Å². The molecule has 1 aromatic rings. The quantitative estimate of drug-likeness (QED) is 0.790. The molecule has 0 aliphatic heterocycles. The number of hydrogen-bond donors (Lipinski definition) is 2. The fourth-order valence-corrected chi connectivity index (χ4v) is 3.29. The highest BCUT2D eigenvalue weighted by atomic mass is 32.2. The lowest BCUT2D eigenvalue weighted by Gasteiger charge is -2.07. The number of rotatable bonds is 7. The summed E-state index contributed by atoms with van der Waals surface area (Å²) in [5.74, 6) is -0.324. The molecule has 2 rings (SSSR count). The number of carbonyl (C=O) groups is 1. The molecular weight excluding hydrogens is 282 g/mol. The first kappa shape index (κ1) is 14.8. The second kappa shape index (κ2) is 5.80. The van der Waals surface area contributed by atoms with E-state index in [0.29, 0.717) is 11.7 Å². The topological polar surface area (TPSA) is 92.7 Å². The molecule has 0 amide bonds. The van der Waals surface area contributed by atoms with Crippen molar-refractivity contribution in [3.05, 3.63) is 24.3 Å². The fraction of sp³-hybridized carbons (Fsp3) is 0.462. The van der Waals surface area contributed by atoms with E-state index >= 15 is 0 Å². The van der Waals surface area contributed by atoms with Crippen LogP contribution in [-0.2, 0) is 14.8 Å². The molecule has 110 valence electrons. The van der Waals surface area contributed by atoms with Crippen LogP contribution in [-0.4, -0.2) is 32.1 Å². The lowest BCUT2D eigenvalue weighted by molar-refractivity contribution is -0.139. The summed E-state index contributed by atoms with van der Waals surface area (Å²) in [6, 6.07) is 5.74. The van der Waals surface area contributed by atoms with Crippen molar-refractivity contribution < 1.29 is 23.1 Å². The molecule has 1 aromatic carbocycles. The van der Waals surface area contributed by atoms with Crippen LogP contribution in [0, 0.1) is 5.92 Å². The number of nitrogens with one attached hydrogen (secondary N) is 1. The van der Waals surface area contributed by atoms with Gasteiger partial charge in [-0.05, 0) is 36.6 Å². The maximum absolute atomic E-state index is 12.1. The van der Waals surface area contributed by atoms with Gasteiger partial charge in [-0.2, -0.15) is 0 Å². The van der Waals surface area contributed by atoms with Crippen molar-refractivity contribution in [2.45, 2.75) is 30.7 Å². The van der Waals surface area contributed by atoms with E-state index in [4.69, 9.17) is 9.84 Å². The Morgan fingerprint density at radius 2 is 2.05 bits per heavy atom. The van der Waals surface area contributed by atoms with E-state index in [0.717, 1.165) is 12.8 Å². The number of carboxylic acid groups (broad SMARTS) is 1. The molecule has 7 heteroatoms. The number of ether oxygens (including phenoxy) is 1. The molecule has 0 spiro atoms. The zero-order valence-electron chi connectivity index (χ0n) is 11.1. The van der Waals surface area contributed by atoms with Gasteiger partial charge < -0.3 is 9.84 Å². The monoisotopic (exact) mass is 299 g/mol. The summed E-state index contributed by atoms with van der Waals surface area (Å²) < 4.78 is 31.8. The summed E-state index contributed by atoms with van der Waals surface area (Å²) in [6.45, 7) is 1.58. The van der Waals surface area contributed by atoms with Crippen LogP contribution in [0.1, 0.15) is 19.8 Å². The van der Waals surface area contributed by atoms with Crippen LogP contribution in [0.2, 0.25) is 0 Å². The van der Waals surface area contributed by atoms with Gasteiger partial charge >= 0.3 is 5.97 Å². The van der Waals surface area contributed by atoms with Crippen LogP contribution < -0.4 is 9.46 Å². The molecule has 2 atom stereocenters. The Kier molecular flexibility index (Phi) is 4.29. The minimum Gasteiger partial charge on any atom is -0.482 e. The predicted octanol–water partition coefficient (Wildman–Crippen LogP) is 1.23. The molecule has 0 saturated heterocycles. The molecule has 1 saturated carbocycles. The average molecular weight is 299 g/mol. The van der Waals surface area contributed by atoms with Crippen LogP contribution in [0.3, 0.4) is 0 Å². The second-order valence-corrected chi connectivity index (χ2v) is 6.50. The summed E-state index contributed by atoms with van der Waals surface area (Å²) in [5.41, 5.74) is 0. The Morgan fingerprint density at radius 3 is 2.55 bits per heavy atom. The van der Waals surface area contributed by atoms with Gasteiger partial charge in [0.15, 0.2) is 6.61 Å². The van der Waals surface area contributed by atoms with Crippen molar-refractivity contribution in [1.29, 1.82) is 0 Å². The van der Waals surface area contributed by atoms with E-state index in [1.54, 1.807) is 0 Å². The third kappa shape index (κ3) is 3.71. The predicted molar refractivity (Wildman–Crippen MR) is 72.1 cm³/mol. The zero-order chi connectivity index (χ0) is 14.8. The molecule has 0 aromatic heterocycles. The van der Waals surface area contributed by atoms with E-state index in [1.165, 1.54) is 24.3 Å². The highest BCUT2D eigenvalue weighted by molar-refractivity contribution is 7.89. The van der Waals surface area contributed by atoms with Crippen LogP contribution in [0.4, 0.5) is 0 Å².